The number of benzene rings is 1. The van der Waals surface area contributed by atoms with Crippen LogP contribution in [0.5, 0.6) is 0 Å². The van der Waals surface area contributed by atoms with E-state index in [-0.39, 0.29) is 0 Å². The molecule has 0 atom stereocenters. The average Bonchev–Trinajstić information content (AvgIpc) is 2.64. The topological polar surface area (TPSA) is 95.2 Å². The molecule has 0 saturated carbocycles. The van der Waals surface area contributed by atoms with Gasteiger partial charge >= 0.3 is 11.7 Å². The molecule has 8 heteroatoms. The highest BCUT2D eigenvalue weighted by Gasteiger charge is 2.13. The fourth-order valence-corrected chi connectivity index (χ4v) is 2.55. The van der Waals surface area contributed by atoms with Gasteiger partial charge in [0.05, 0.1) is 18.4 Å². The van der Waals surface area contributed by atoms with Crippen LogP contribution in [-0.4, -0.2) is 27.2 Å². The number of aryl methyl sites for hydroxylation is 1. The molecule has 2 aromatic heterocycles. The van der Waals surface area contributed by atoms with Gasteiger partial charge in [-0.15, -0.1) is 0 Å². The molecule has 0 aliphatic heterocycles. The van der Waals surface area contributed by atoms with Crippen LogP contribution in [-0.2, 0) is 18.8 Å². The van der Waals surface area contributed by atoms with Crippen molar-refractivity contribution in [1.82, 2.24) is 14.1 Å². The summed E-state index contributed by atoms with van der Waals surface area (Å²) in [5.41, 5.74) is 1.04. The van der Waals surface area contributed by atoms with Gasteiger partial charge in [-0.3, -0.25) is 13.9 Å². The Balaban J connectivity index is 2.10. The number of nitrogens with zero attached hydrogens (tertiary/aromatic N) is 3. The van der Waals surface area contributed by atoms with Gasteiger partial charge in [-0.05, 0) is 30.3 Å². The number of hydrogen-bond acceptors (Lipinski definition) is 6. The summed E-state index contributed by atoms with van der Waals surface area (Å²) in [6, 6.07) is 8.29. The molecule has 0 aliphatic rings. The second-order valence-corrected chi connectivity index (χ2v) is 5.46. The maximum Gasteiger partial charge on any atom is 0.337 e. The molecule has 1 N–H and O–H groups in total. The number of anilines is 2. The first-order chi connectivity index (χ1) is 11.9. The number of methoxy groups -OCH3 is 1. The van der Waals surface area contributed by atoms with Crippen LogP contribution in [0.2, 0.25) is 0 Å². The molecule has 0 amide bonds. The maximum atomic E-state index is 12.5. The summed E-state index contributed by atoms with van der Waals surface area (Å²) in [7, 11) is 4.30. The quantitative estimate of drug-likeness (QED) is 0.719. The molecular weight excluding hydrogens is 324 g/mol. The summed E-state index contributed by atoms with van der Waals surface area (Å²) < 4.78 is 7.02. The van der Waals surface area contributed by atoms with Gasteiger partial charge in [-0.1, -0.05) is 0 Å². The number of pyridine rings is 1. The Hall–Kier alpha value is -3.42. The Morgan fingerprint density at radius 1 is 1.08 bits per heavy atom. The Bertz CT molecular complexity index is 1080. The predicted octanol–water partition coefficient (Wildman–Crippen LogP) is 1.16. The average molecular weight is 340 g/mol. The second kappa shape index (κ2) is 6.23. The zero-order valence-corrected chi connectivity index (χ0v) is 13.9. The van der Waals surface area contributed by atoms with E-state index in [1.165, 1.54) is 24.9 Å². The summed E-state index contributed by atoms with van der Waals surface area (Å²) in [6.45, 7) is 0. The minimum absolute atomic E-state index is 0.296. The van der Waals surface area contributed by atoms with Gasteiger partial charge in [0.2, 0.25) is 0 Å². The molecule has 0 saturated heterocycles. The molecule has 0 bridgehead atoms. The Kier molecular flexibility index (Phi) is 4.10. The monoisotopic (exact) mass is 340 g/mol. The summed E-state index contributed by atoms with van der Waals surface area (Å²) in [5, 5.41) is 3.43. The normalized spacial score (nSPS) is 10.7. The van der Waals surface area contributed by atoms with Crippen LogP contribution in [0.25, 0.3) is 11.0 Å². The van der Waals surface area contributed by atoms with E-state index in [9.17, 15) is 14.4 Å². The smallest absolute Gasteiger partial charge is 0.337 e. The Morgan fingerprint density at radius 2 is 1.76 bits per heavy atom. The molecule has 0 aliphatic carbocycles. The lowest BCUT2D eigenvalue weighted by Crippen LogP contribution is -2.37. The number of ether oxygens (including phenoxy) is 1. The van der Waals surface area contributed by atoms with Crippen molar-refractivity contribution < 1.29 is 9.53 Å². The first kappa shape index (κ1) is 16.4. The number of aromatic nitrogens is 3. The molecule has 128 valence electrons. The third-order valence-electron chi connectivity index (χ3n) is 3.93. The van der Waals surface area contributed by atoms with E-state index in [0.717, 1.165) is 4.57 Å². The number of esters is 1. The summed E-state index contributed by atoms with van der Waals surface area (Å²) in [4.78, 5) is 40.2. The van der Waals surface area contributed by atoms with Crippen LogP contribution in [0.3, 0.4) is 0 Å². The number of fused-ring (bicyclic) bond motifs is 1. The Morgan fingerprint density at radius 3 is 2.40 bits per heavy atom. The van der Waals surface area contributed by atoms with Crippen molar-refractivity contribution in [1.29, 1.82) is 0 Å². The first-order valence-corrected chi connectivity index (χ1v) is 7.44. The summed E-state index contributed by atoms with van der Waals surface area (Å²) in [6.07, 6.45) is 1.52. The van der Waals surface area contributed by atoms with E-state index < -0.39 is 17.2 Å². The van der Waals surface area contributed by atoms with Crippen LogP contribution in [0, 0.1) is 0 Å². The van der Waals surface area contributed by atoms with E-state index in [0.29, 0.717) is 28.0 Å². The number of nitrogens with one attached hydrogen (secondary N) is 1. The fraction of sp³-hybridized carbons (Fsp3) is 0.176. The number of rotatable bonds is 3. The SMILES string of the molecule is COC(=O)c1ccc(Nc2ccnc3c2c(=O)n(C)c(=O)n3C)cc1. The van der Waals surface area contributed by atoms with Crippen molar-refractivity contribution in [2.24, 2.45) is 14.1 Å². The summed E-state index contributed by atoms with van der Waals surface area (Å²) >= 11 is 0. The van der Waals surface area contributed by atoms with Crippen LogP contribution < -0.4 is 16.6 Å². The van der Waals surface area contributed by atoms with Gasteiger partial charge < -0.3 is 10.1 Å². The molecule has 1 aromatic carbocycles. The molecular formula is C17H16N4O4. The third-order valence-corrected chi connectivity index (χ3v) is 3.93. The lowest BCUT2D eigenvalue weighted by molar-refractivity contribution is 0.0601. The van der Waals surface area contributed by atoms with Crippen molar-refractivity contribution in [3.8, 4) is 0 Å². The molecule has 25 heavy (non-hydrogen) atoms. The van der Waals surface area contributed by atoms with Crippen LogP contribution >= 0.6 is 0 Å². The molecule has 0 radical (unpaired) electrons. The van der Waals surface area contributed by atoms with Crippen LogP contribution in [0.4, 0.5) is 11.4 Å². The van der Waals surface area contributed by atoms with Crippen molar-refractivity contribution in [2.75, 3.05) is 12.4 Å². The lowest BCUT2D eigenvalue weighted by atomic mass is 10.2. The predicted molar refractivity (Wildman–Crippen MR) is 93.3 cm³/mol. The van der Waals surface area contributed by atoms with E-state index in [4.69, 9.17) is 0 Å². The lowest BCUT2D eigenvalue weighted by Gasteiger charge is -2.12. The number of carbonyl (C=O) groups excluding carboxylic acids is 1. The summed E-state index contributed by atoms with van der Waals surface area (Å²) in [5.74, 6) is -0.426. The molecule has 0 fully saturated rings. The van der Waals surface area contributed by atoms with Gasteiger partial charge in [0, 0.05) is 26.0 Å². The molecule has 3 rings (SSSR count). The van der Waals surface area contributed by atoms with E-state index in [1.54, 1.807) is 37.4 Å². The van der Waals surface area contributed by atoms with Crippen LogP contribution in [0.15, 0.2) is 46.1 Å². The number of carbonyl (C=O) groups is 1. The fourth-order valence-electron chi connectivity index (χ4n) is 2.55. The van der Waals surface area contributed by atoms with Crippen molar-refractivity contribution in [3.05, 3.63) is 62.9 Å². The first-order valence-electron chi connectivity index (χ1n) is 7.44. The minimum Gasteiger partial charge on any atom is -0.465 e. The highest BCUT2D eigenvalue weighted by Crippen LogP contribution is 2.22. The second-order valence-electron chi connectivity index (χ2n) is 5.46. The van der Waals surface area contributed by atoms with Gasteiger partial charge in [-0.2, -0.15) is 0 Å². The zero-order chi connectivity index (χ0) is 18.1. The molecule has 0 unspecified atom stereocenters. The largest absolute Gasteiger partial charge is 0.465 e. The maximum absolute atomic E-state index is 12.5. The van der Waals surface area contributed by atoms with Crippen molar-refractivity contribution >= 4 is 28.4 Å². The molecule has 2 heterocycles. The van der Waals surface area contributed by atoms with Gasteiger partial charge in [-0.25, -0.2) is 14.6 Å². The molecule has 3 aromatic rings. The van der Waals surface area contributed by atoms with Crippen molar-refractivity contribution in [3.63, 3.8) is 0 Å². The molecule has 0 spiro atoms. The van der Waals surface area contributed by atoms with E-state index in [1.807, 2.05) is 0 Å². The van der Waals surface area contributed by atoms with Gasteiger partial charge in [0.1, 0.15) is 5.39 Å². The van der Waals surface area contributed by atoms with Crippen LogP contribution in [0.1, 0.15) is 10.4 Å². The minimum atomic E-state index is -0.440. The third kappa shape index (κ3) is 2.78. The number of hydrogen-bond donors (Lipinski definition) is 1. The van der Waals surface area contributed by atoms with Crippen molar-refractivity contribution in [2.45, 2.75) is 0 Å². The molecule has 8 nitrogen and oxygen atoms in total. The van der Waals surface area contributed by atoms with E-state index in [2.05, 4.69) is 15.0 Å². The highest BCUT2D eigenvalue weighted by molar-refractivity contribution is 5.92. The van der Waals surface area contributed by atoms with E-state index >= 15 is 0 Å². The zero-order valence-electron chi connectivity index (χ0n) is 13.9. The van der Waals surface area contributed by atoms with Gasteiger partial charge in [0.15, 0.2) is 5.65 Å². The van der Waals surface area contributed by atoms with Gasteiger partial charge in [0.25, 0.3) is 5.56 Å². The highest BCUT2D eigenvalue weighted by atomic mass is 16.5. The standard InChI is InChI=1S/C17H16N4O4/c1-20-14-13(15(22)21(2)17(20)24)12(8-9-18-14)19-11-6-4-10(5-7-11)16(23)25-3/h4-9H,1-3H3,(H,18,19). The Labute approximate surface area is 142 Å².